The van der Waals surface area contributed by atoms with Crippen LogP contribution >= 0.6 is 0 Å². The van der Waals surface area contributed by atoms with E-state index in [4.69, 9.17) is 4.74 Å². The normalized spacial score (nSPS) is 14.8. The Morgan fingerprint density at radius 2 is 1.33 bits per heavy atom. The van der Waals surface area contributed by atoms with Gasteiger partial charge in [-0.05, 0) is 97.0 Å². The molecule has 0 radical (unpaired) electrons. The smallest absolute Gasteiger partial charge is 0.193 e. The first-order chi connectivity index (χ1) is 18.8. The van der Waals surface area contributed by atoms with Crippen molar-refractivity contribution in [3.63, 3.8) is 0 Å². The van der Waals surface area contributed by atoms with E-state index >= 15 is 0 Å². The standard InChI is InChI=1S/C33H32O4.C2H6/c1-4-5-22-33(2,3)27-14-6-23(7-15-27)31(35)25-10-18-29(19-11-25)37-30-20-12-26(13-21-30)32(36)24-8-16-28(34)17-9-24;1-2/h5-14,16-22,27,34H,4,15H2,1-3H3;1-2H3. The molecule has 0 heterocycles. The highest BCUT2D eigenvalue weighted by atomic mass is 16.5. The monoisotopic (exact) mass is 522 g/mol. The maximum Gasteiger partial charge on any atom is 0.193 e. The second kappa shape index (κ2) is 13.6. The number of ketones is 2. The van der Waals surface area contributed by atoms with Gasteiger partial charge in [0.25, 0.3) is 0 Å². The first kappa shape index (κ1) is 29.4. The number of phenolic OH excluding ortho intramolecular Hbond substituents is 1. The number of Topliss-reactive ketones (excluding diaryl/α,β-unsaturated/α-hetero) is 1. The number of hydrogen-bond acceptors (Lipinski definition) is 4. The molecule has 1 aliphatic rings. The summed E-state index contributed by atoms with van der Waals surface area (Å²) < 4.78 is 5.91. The quantitative estimate of drug-likeness (QED) is 0.225. The molecule has 0 spiro atoms. The van der Waals surface area contributed by atoms with Gasteiger partial charge in [-0.3, -0.25) is 9.59 Å². The minimum atomic E-state index is -0.132. The number of carbonyl (C=O) groups is 2. The molecule has 0 saturated heterocycles. The maximum absolute atomic E-state index is 13.0. The van der Waals surface area contributed by atoms with Crippen LogP contribution in [0.25, 0.3) is 0 Å². The van der Waals surface area contributed by atoms with Gasteiger partial charge in [0.2, 0.25) is 0 Å². The molecule has 4 nitrogen and oxygen atoms in total. The number of benzene rings is 3. The Kier molecular flexibility index (Phi) is 10.2. The zero-order valence-corrected chi connectivity index (χ0v) is 23.5. The lowest BCUT2D eigenvalue weighted by Crippen LogP contribution is -2.21. The van der Waals surface area contributed by atoms with Gasteiger partial charge in [0.15, 0.2) is 11.6 Å². The van der Waals surface area contributed by atoms with Crippen molar-refractivity contribution in [2.75, 3.05) is 0 Å². The van der Waals surface area contributed by atoms with E-state index in [9.17, 15) is 14.7 Å². The van der Waals surface area contributed by atoms with Crippen LogP contribution in [0.4, 0.5) is 0 Å². The summed E-state index contributed by atoms with van der Waals surface area (Å²) in [5, 5.41) is 9.40. The average molecular weight is 523 g/mol. The summed E-state index contributed by atoms with van der Waals surface area (Å²) in [6.45, 7) is 10.6. The Balaban J connectivity index is 0.00000205. The number of hydrogen-bond donors (Lipinski definition) is 1. The SMILES string of the molecule is CC.CCC=CC(C)(C)C1C=CC(C(=O)c2ccc(Oc3ccc(C(=O)c4ccc(O)cc4)cc3)cc2)=CC1. The lowest BCUT2D eigenvalue weighted by atomic mass is 9.74. The van der Waals surface area contributed by atoms with Crippen molar-refractivity contribution < 1.29 is 19.4 Å². The minimum absolute atomic E-state index is 0.000234. The molecule has 1 atom stereocenters. The molecule has 0 fully saturated rings. The molecule has 4 rings (SSSR count). The molecule has 0 amide bonds. The van der Waals surface area contributed by atoms with Crippen molar-refractivity contribution in [3.05, 3.63) is 125 Å². The van der Waals surface area contributed by atoms with Gasteiger partial charge in [0.05, 0.1) is 0 Å². The molecule has 0 aromatic heterocycles. The molecule has 1 unspecified atom stereocenters. The van der Waals surface area contributed by atoms with Gasteiger partial charge in [-0.15, -0.1) is 0 Å². The van der Waals surface area contributed by atoms with E-state index in [1.54, 1.807) is 60.7 Å². The van der Waals surface area contributed by atoms with Gasteiger partial charge in [-0.2, -0.15) is 0 Å². The number of ether oxygens (including phenoxy) is 1. The van der Waals surface area contributed by atoms with E-state index in [0.717, 1.165) is 12.8 Å². The Morgan fingerprint density at radius 3 is 1.79 bits per heavy atom. The van der Waals surface area contributed by atoms with Crippen molar-refractivity contribution in [2.45, 2.75) is 47.5 Å². The summed E-state index contributed by atoms with van der Waals surface area (Å²) in [6.07, 6.45) is 12.5. The lowest BCUT2D eigenvalue weighted by molar-refractivity contribution is 0.103. The molecule has 1 N–H and O–H groups in total. The highest BCUT2D eigenvalue weighted by Crippen LogP contribution is 2.36. The van der Waals surface area contributed by atoms with E-state index in [0.29, 0.717) is 39.7 Å². The molecular weight excluding hydrogens is 484 g/mol. The lowest BCUT2D eigenvalue weighted by Gasteiger charge is -2.30. The van der Waals surface area contributed by atoms with Crippen molar-refractivity contribution >= 4 is 11.6 Å². The zero-order chi connectivity index (χ0) is 28.4. The summed E-state index contributed by atoms with van der Waals surface area (Å²) in [5.74, 6) is 1.54. The van der Waals surface area contributed by atoms with Gasteiger partial charge >= 0.3 is 0 Å². The molecule has 0 bridgehead atoms. The minimum Gasteiger partial charge on any atom is -0.508 e. The molecule has 0 aliphatic heterocycles. The van der Waals surface area contributed by atoms with Gasteiger partial charge < -0.3 is 9.84 Å². The van der Waals surface area contributed by atoms with E-state index in [1.807, 2.05) is 26.0 Å². The fourth-order valence-electron chi connectivity index (χ4n) is 4.32. The molecule has 39 heavy (non-hydrogen) atoms. The Hall–Kier alpha value is -4.18. The first-order valence-corrected chi connectivity index (χ1v) is 13.6. The first-order valence-electron chi connectivity index (χ1n) is 13.6. The van der Waals surface area contributed by atoms with Crippen LogP contribution in [0.5, 0.6) is 17.2 Å². The number of phenols is 1. The van der Waals surface area contributed by atoms with Crippen LogP contribution in [-0.4, -0.2) is 16.7 Å². The fraction of sp³-hybridized carbons (Fsp3) is 0.257. The van der Waals surface area contributed by atoms with Gasteiger partial charge in [-0.25, -0.2) is 0 Å². The molecule has 202 valence electrons. The van der Waals surface area contributed by atoms with Crippen LogP contribution in [0.2, 0.25) is 0 Å². The second-order valence-electron chi connectivity index (χ2n) is 9.85. The second-order valence-corrected chi connectivity index (χ2v) is 9.85. The molecule has 4 heteroatoms. The third-order valence-corrected chi connectivity index (χ3v) is 6.70. The number of carbonyl (C=O) groups excluding carboxylic acids is 2. The third-order valence-electron chi connectivity index (χ3n) is 6.70. The van der Waals surface area contributed by atoms with Gasteiger partial charge in [-0.1, -0.05) is 65.0 Å². The summed E-state index contributed by atoms with van der Waals surface area (Å²) in [4.78, 5) is 25.6. The van der Waals surface area contributed by atoms with Gasteiger partial charge in [0, 0.05) is 22.3 Å². The van der Waals surface area contributed by atoms with Crippen LogP contribution in [-0.2, 0) is 0 Å². The van der Waals surface area contributed by atoms with Crippen molar-refractivity contribution in [3.8, 4) is 17.2 Å². The summed E-state index contributed by atoms with van der Waals surface area (Å²) in [5.41, 5.74) is 2.41. The average Bonchev–Trinajstić information content (AvgIpc) is 2.98. The molecule has 3 aromatic rings. The predicted molar refractivity (Wildman–Crippen MR) is 159 cm³/mol. The number of rotatable bonds is 9. The molecular formula is C35H38O4. The van der Waals surface area contributed by atoms with E-state index in [2.05, 4.69) is 39.0 Å². The van der Waals surface area contributed by atoms with Gasteiger partial charge in [0.1, 0.15) is 17.2 Å². The fourth-order valence-corrected chi connectivity index (χ4v) is 4.32. The highest BCUT2D eigenvalue weighted by Gasteiger charge is 2.26. The van der Waals surface area contributed by atoms with Crippen LogP contribution < -0.4 is 4.74 Å². The van der Waals surface area contributed by atoms with E-state index in [-0.39, 0.29) is 22.7 Å². The topological polar surface area (TPSA) is 63.6 Å². The number of aromatic hydroxyl groups is 1. The number of allylic oxidation sites excluding steroid dienone is 6. The molecule has 3 aromatic carbocycles. The largest absolute Gasteiger partial charge is 0.508 e. The molecule has 0 saturated carbocycles. The van der Waals surface area contributed by atoms with Crippen molar-refractivity contribution in [1.82, 2.24) is 0 Å². The predicted octanol–water partition coefficient (Wildman–Crippen LogP) is 9.12. The van der Waals surface area contributed by atoms with E-state index < -0.39 is 0 Å². The summed E-state index contributed by atoms with van der Waals surface area (Å²) in [7, 11) is 0. The molecule has 1 aliphatic carbocycles. The van der Waals surface area contributed by atoms with Crippen molar-refractivity contribution in [2.24, 2.45) is 11.3 Å². The van der Waals surface area contributed by atoms with Crippen LogP contribution in [0.1, 0.15) is 73.7 Å². The zero-order valence-electron chi connectivity index (χ0n) is 23.5. The third kappa shape index (κ3) is 7.67. The maximum atomic E-state index is 13.0. The Labute approximate surface area is 232 Å². The Morgan fingerprint density at radius 1 is 0.846 bits per heavy atom. The highest BCUT2D eigenvalue weighted by molar-refractivity contribution is 6.10. The van der Waals surface area contributed by atoms with Crippen molar-refractivity contribution in [1.29, 1.82) is 0 Å². The van der Waals surface area contributed by atoms with E-state index in [1.165, 1.54) is 12.1 Å². The van der Waals surface area contributed by atoms with Crippen LogP contribution in [0, 0.1) is 11.3 Å². The van der Waals surface area contributed by atoms with Crippen LogP contribution in [0.3, 0.4) is 0 Å². The van der Waals surface area contributed by atoms with Crippen LogP contribution in [0.15, 0.2) is 109 Å². The Bertz CT molecular complexity index is 1340. The summed E-state index contributed by atoms with van der Waals surface area (Å²) >= 11 is 0. The summed E-state index contributed by atoms with van der Waals surface area (Å²) in [6, 6.07) is 20.1.